The van der Waals surface area contributed by atoms with Crippen LogP contribution in [0.5, 0.6) is 0 Å². The second-order valence-electron chi connectivity index (χ2n) is 3.43. The third-order valence-electron chi connectivity index (χ3n) is 2.09. The van der Waals surface area contributed by atoms with Crippen molar-refractivity contribution in [2.24, 2.45) is 0 Å². The Balaban J connectivity index is 2.48. The number of rotatable bonds is 4. The molecular weight excluding hydrogens is 259 g/mol. The molecule has 0 fully saturated rings. The zero-order valence-electron chi connectivity index (χ0n) is 8.97. The monoisotopic (exact) mass is 268 g/mol. The van der Waals surface area contributed by atoms with E-state index in [2.05, 4.69) is 4.98 Å². The Morgan fingerprint density at radius 3 is 2.22 bits per heavy atom. The van der Waals surface area contributed by atoms with Crippen molar-refractivity contribution in [3.05, 3.63) is 30.1 Å². The Hall–Kier alpha value is -1.73. The number of amides is 1. The maximum atomic E-state index is 12.5. The highest BCUT2D eigenvalue weighted by molar-refractivity contribution is 5.84. The van der Waals surface area contributed by atoms with Crippen molar-refractivity contribution in [1.29, 1.82) is 0 Å². The van der Waals surface area contributed by atoms with Crippen LogP contribution >= 0.6 is 0 Å². The molecule has 0 aliphatic carbocycles. The lowest BCUT2D eigenvalue weighted by Gasteiger charge is -2.18. The van der Waals surface area contributed by atoms with Crippen LogP contribution in [-0.2, 0) is 11.2 Å². The molecule has 0 aromatic carbocycles. The third kappa shape index (κ3) is 3.38. The number of halogens is 5. The summed E-state index contributed by atoms with van der Waals surface area (Å²) in [4.78, 5) is 14.4. The molecule has 1 N–H and O–H groups in total. The van der Waals surface area contributed by atoms with Crippen LogP contribution in [0.1, 0.15) is 5.56 Å². The fraction of sp³-hybridized carbons (Fsp3) is 0.400. The fourth-order valence-electron chi connectivity index (χ4n) is 1.11. The molecule has 0 aliphatic heterocycles. The molecule has 0 spiro atoms. The minimum atomic E-state index is -5.88. The smallest absolute Gasteiger partial charge is 0.350 e. The number of hydrogen-bond donors (Lipinski definition) is 1. The number of pyridine rings is 1. The van der Waals surface area contributed by atoms with Crippen molar-refractivity contribution in [3.8, 4) is 0 Å². The van der Waals surface area contributed by atoms with Gasteiger partial charge >= 0.3 is 12.1 Å². The van der Waals surface area contributed by atoms with Crippen molar-refractivity contribution in [2.75, 3.05) is 6.54 Å². The van der Waals surface area contributed by atoms with Crippen LogP contribution in [0.25, 0.3) is 0 Å². The van der Waals surface area contributed by atoms with E-state index in [9.17, 15) is 26.7 Å². The van der Waals surface area contributed by atoms with Gasteiger partial charge in [0.05, 0.1) is 0 Å². The van der Waals surface area contributed by atoms with Gasteiger partial charge in [-0.3, -0.25) is 9.78 Å². The second kappa shape index (κ2) is 5.28. The van der Waals surface area contributed by atoms with Crippen LogP contribution in [0.2, 0.25) is 0 Å². The first-order valence-electron chi connectivity index (χ1n) is 4.87. The van der Waals surface area contributed by atoms with E-state index in [4.69, 9.17) is 0 Å². The predicted molar refractivity (Wildman–Crippen MR) is 52.0 cm³/mol. The van der Waals surface area contributed by atoms with Gasteiger partial charge in [-0.15, -0.1) is 0 Å². The Morgan fingerprint density at radius 2 is 1.72 bits per heavy atom. The number of carbonyl (C=O) groups excluding carboxylic acids is 1. The summed E-state index contributed by atoms with van der Waals surface area (Å²) in [6.45, 7) is -0.311. The molecular formula is C10H9F5N2O. The van der Waals surface area contributed by atoms with Gasteiger partial charge in [-0.1, -0.05) is 0 Å². The number of alkyl halides is 5. The molecule has 1 aromatic heterocycles. The Labute approximate surface area is 99.0 Å². The summed E-state index contributed by atoms with van der Waals surface area (Å²) in [5, 5.41) is 1.55. The molecule has 18 heavy (non-hydrogen) atoms. The third-order valence-corrected chi connectivity index (χ3v) is 2.09. The van der Waals surface area contributed by atoms with Gasteiger partial charge in [-0.25, -0.2) is 0 Å². The molecule has 0 saturated heterocycles. The van der Waals surface area contributed by atoms with Gasteiger partial charge in [-0.2, -0.15) is 22.0 Å². The molecule has 0 unspecified atom stereocenters. The summed E-state index contributed by atoms with van der Waals surface area (Å²) < 4.78 is 60.5. The Morgan fingerprint density at radius 1 is 1.17 bits per heavy atom. The number of carbonyl (C=O) groups is 1. The maximum Gasteiger partial charge on any atom is 0.463 e. The summed E-state index contributed by atoms with van der Waals surface area (Å²) >= 11 is 0. The minimum absolute atomic E-state index is 0.141. The summed E-state index contributed by atoms with van der Waals surface area (Å²) in [5.74, 6) is -7.71. The predicted octanol–water partition coefficient (Wildman–Crippen LogP) is 1.94. The largest absolute Gasteiger partial charge is 0.463 e. The standard InChI is InChI=1S/C10H9F5N2O/c11-9(12,10(13,14)15)8(18)17-6-3-7-1-4-16-5-2-7/h1-2,4-5H,3,6H2,(H,17,18). The lowest BCUT2D eigenvalue weighted by atomic mass is 10.2. The second-order valence-corrected chi connectivity index (χ2v) is 3.43. The summed E-state index contributed by atoms with van der Waals surface area (Å²) in [6.07, 6.45) is -2.85. The van der Waals surface area contributed by atoms with Gasteiger partial charge in [0.1, 0.15) is 0 Å². The van der Waals surface area contributed by atoms with E-state index in [1.54, 1.807) is 17.4 Å². The quantitative estimate of drug-likeness (QED) is 0.848. The summed E-state index contributed by atoms with van der Waals surface area (Å²) in [6, 6.07) is 3.13. The first kappa shape index (κ1) is 14.3. The maximum absolute atomic E-state index is 12.5. The van der Waals surface area contributed by atoms with Gasteiger partial charge in [-0.05, 0) is 24.1 Å². The van der Waals surface area contributed by atoms with Crippen molar-refractivity contribution < 1.29 is 26.7 Å². The van der Waals surface area contributed by atoms with Crippen molar-refractivity contribution in [1.82, 2.24) is 10.3 Å². The highest BCUT2D eigenvalue weighted by atomic mass is 19.4. The molecule has 0 bridgehead atoms. The molecule has 1 rings (SSSR count). The molecule has 0 aliphatic rings. The van der Waals surface area contributed by atoms with E-state index in [0.717, 1.165) is 0 Å². The number of nitrogens with zero attached hydrogens (tertiary/aromatic N) is 1. The van der Waals surface area contributed by atoms with Crippen molar-refractivity contribution >= 4 is 5.91 Å². The minimum Gasteiger partial charge on any atom is -0.350 e. The van der Waals surface area contributed by atoms with Crippen LogP contribution in [0.15, 0.2) is 24.5 Å². The Bertz CT molecular complexity index is 404. The Kier molecular flexibility index (Phi) is 4.20. The van der Waals surface area contributed by atoms with Crippen LogP contribution in [0.3, 0.4) is 0 Å². The van der Waals surface area contributed by atoms with E-state index in [1.165, 1.54) is 12.4 Å². The van der Waals surface area contributed by atoms with Gasteiger partial charge in [0.25, 0.3) is 5.91 Å². The fourth-order valence-corrected chi connectivity index (χ4v) is 1.11. The first-order chi connectivity index (χ1) is 8.25. The summed E-state index contributed by atoms with van der Waals surface area (Å²) in [5.41, 5.74) is 0.667. The van der Waals surface area contributed by atoms with Crippen molar-refractivity contribution in [3.63, 3.8) is 0 Å². The molecule has 0 radical (unpaired) electrons. The van der Waals surface area contributed by atoms with E-state index >= 15 is 0 Å². The summed E-state index contributed by atoms with van der Waals surface area (Å²) in [7, 11) is 0. The van der Waals surface area contributed by atoms with E-state index < -0.39 is 18.0 Å². The molecule has 3 nitrogen and oxygen atoms in total. The number of aromatic nitrogens is 1. The van der Waals surface area contributed by atoms with Crippen LogP contribution in [0, 0.1) is 0 Å². The average Bonchev–Trinajstić information content (AvgIpc) is 2.28. The molecule has 1 aromatic rings. The van der Waals surface area contributed by atoms with Crippen LogP contribution < -0.4 is 5.32 Å². The topological polar surface area (TPSA) is 42.0 Å². The average molecular weight is 268 g/mol. The highest BCUT2D eigenvalue weighted by Gasteiger charge is 2.63. The molecule has 100 valence electrons. The zero-order chi connectivity index (χ0) is 13.8. The molecule has 8 heteroatoms. The normalized spacial score (nSPS) is 12.3. The van der Waals surface area contributed by atoms with Gasteiger partial charge < -0.3 is 5.32 Å². The van der Waals surface area contributed by atoms with Crippen LogP contribution in [-0.4, -0.2) is 29.5 Å². The SMILES string of the molecule is O=C(NCCc1ccncc1)C(F)(F)C(F)(F)F. The first-order valence-corrected chi connectivity index (χ1v) is 4.87. The van der Waals surface area contributed by atoms with E-state index in [1.807, 2.05) is 0 Å². The number of nitrogens with one attached hydrogen (secondary N) is 1. The van der Waals surface area contributed by atoms with Gasteiger partial charge in [0, 0.05) is 18.9 Å². The number of hydrogen-bond acceptors (Lipinski definition) is 2. The lowest BCUT2D eigenvalue weighted by Crippen LogP contribution is -2.50. The van der Waals surface area contributed by atoms with E-state index in [-0.39, 0.29) is 13.0 Å². The molecule has 0 saturated carbocycles. The molecule has 1 heterocycles. The van der Waals surface area contributed by atoms with Crippen LogP contribution in [0.4, 0.5) is 22.0 Å². The van der Waals surface area contributed by atoms with E-state index in [0.29, 0.717) is 5.56 Å². The zero-order valence-corrected chi connectivity index (χ0v) is 8.97. The molecule has 0 atom stereocenters. The highest BCUT2D eigenvalue weighted by Crippen LogP contribution is 2.35. The van der Waals surface area contributed by atoms with Gasteiger partial charge in [0.15, 0.2) is 0 Å². The van der Waals surface area contributed by atoms with Gasteiger partial charge in [0.2, 0.25) is 0 Å². The lowest BCUT2D eigenvalue weighted by molar-refractivity contribution is -0.269. The molecule has 1 amide bonds. The van der Waals surface area contributed by atoms with Crippen molar-refractivity contribution in [2.45, 2.75) is 18.5 Å².